The van der Waals surface area contributed by atoms with Gasteiger partial charge in [0.2, 0.25) is 0 Å². The Morgan fingerprint density at radius 1 is 0.897 bits per heavy atom. The average Bonchev–Trinajstić information content (AvgIpc) is 3.46. The summed E-state index contributed by atoms with van der Waals surface area (Å²) in [4.78, 5) is 52.3. The molecule has 4 N–H and O–H groups in total. The van der Waals surface area contributed by atoms with E-state index in [1.807, 2.05) is 13.8 Å². The van der Waals surface area contributed by atoms with Gasteiger partial charge in [0.05, 0.1) is 19.3 Å². The number of rotatable bonds is 11. The van der Waals surface area contributed by atoms with Crippen LogP contribution in [0.15, 0.2) is 35.4 Å². The number of halogens is 1. The van der Waals surface area contributed by atoms with Crippen LogP contribution in [0.25, 0.3) is 0 Å². The molecule has 0 aromatic heterocycles. The van der Waals surface area contributed by atoms with E-state index in [2.05, 4.69) is 59.1 Å². The van der Waals surface area contributed by atoms with E-state index in [0.717, 1.165) is 56.9 Å². The first-order valence-electron chi connectivity index (χ1n) is 22.6. The maximum atomic E-state index is 14.1. The van der Waals surface area contributed by atoms with E-state index in [1.54, 1.807) is 24.3 Å². The predicted molar refractivity (Wildman–Crippen MR) is 225 cm³/mol. The molecular formula is C48H69ClN2O7. The van der Waals surface area contributed by atoms with E-state index < -0.39 is 41.3 Å². The largest absolute Gasteiger partial charge is 0.481 e. The number of fused-ring (bicyclic) bond motifs is 7. The Morgan fingerprint density at radius 2 is 1.59 bits per heavy atom. The summed E-state index contributed by atoms with van der Waals surface area (Å²) in [5, 5.41) is 28.4. The Bertz CT molecular complexity index is 1900. The first-order chi connectivity index (χ1) is 27.5. The number of ketones is 1. The topological polar surface area (TPSA) is 142 Å². The number of ether oxygens (including phenoxy) is 1. The van der Waals surface area contributed by atoms with Crippen molar-refractivity contribution >= 4 is 35.2 Å². The summed E-state index contributed by atoms with van der Waals surface area (Å²) in [5.74, 6) is -1.21. The highest BCUT2D eigenvalue weighted by atomic mass is 35.5. The number of amides is 1. The Balaban J connectivity index is 1.08. The van der Waals surface area contributed by atoms with Crippen molar-refractivity contribution in [2.45, 2.75) is 139 Å². The molecule has 7 rings (SSSR count). The molecule has 12 atom stereocenters. The minimum atomic E-state index is -0.927. The number of carbonyl (C=O) groups excluding carboxylic acids is 3. The van der Waals surface area contributed by atoms with Gasteiger partial charge < -0.3 is 25.6 Å². The molecule has 9 nitrogen and oxygen atoms in total. The molecule has 6 aliphatic carbocycles. The summed E-state index contributed by atoms with van der Waals surface area (Å²) >= 11 is 5.97. The van der Waals surface area contributed by atoms with Crippen molar-refractivity contribution in [2.75, 3.05) is 19.6 Å². The van der Waals surface area contributed by atoms with Gasteiger partial charge in [-0.3, -0.25) is 19.2 Å². The van der Waals surface area contributed by atoms with E-state index >= 15 is 0 Å². The average molecular weight is 823 g/mol. The summed E-state index contributed by atoms with van der Waals surface area (Å²) in [6.45, 7) is 19.5. The molecule has 58 heavy (non-hydrogen) atoms. The molecule has 1 amide bonds. The second kappa shape index (κ2) is 15.0. The van der Waals surface area contributed by atoms with Crippen molar-refractivity contribution in [3.8, 4) is 0 Å². The Hall–Kier alpha value is -2.75. The number of benzene rings is 1. The van der Waals surface area contributed by atoms with Gasteiger partial charge in [0, 0.05) is 47.4 Å². The second-order valence-corrected chi connectivity index (χ2v) is 21.9. The molecule has 5 fully saturated rings. The van der Waals surface area contributed by atoms with E-state index in [1.165, 1.54) is 5.57 Å². The van der Waals surface area contributed by atoms with Crippen molar-refractivity contribution in [3.05, 3.63) is 46.0 Å². The van der Waals surface area contributed by atoms with Gasteiger partial charge >= 0.3 is 11.9 Å². The van der Waals surface area contributed by atoms with Crippen LogP contribution in [0, 0.1) is 68.0 Å². The van der Waals surface area contributed by atoms with Crippen LogP contribution in [0.1, 0.15) is 138 Å². The maximum absolute atomic E-state index is 14.1. The second-order valence-electron chi connectivity index (χ2n) is 21.5. The summed E-state index contributed by atoms with van der Waals surface area (Å²) in [6.07, 6.45) is 7.09. The number of hydrogen-bond donors (Lipinski definition) is 4. The number of aliphatic hydroxyl groups excluding tert-OH is 1. The van der Waals surface area contributed by atoms with Crippen LogP contribution >= 0.6 is 11.6 Å². The van der Waals surface area contributed by atoms with Gasteiger partial charge in [-0.05, 0) is 133 Å². The molecule has 0 aliphatic heterocycles. The smallest absolute Gasteiger partial charge is 0.309 e. The van der Waals surface area contributed by atoms with Crippen LogP contribution in [-0.2, 0) is 19.1 Å². The number of carboxylic acid groups (broad SMARTS) is 1. The van der Waals surface area contributed by atoms with Crippen molar-refractivity contribution in [2.24, 2.45) is 68.0 Å². The van der Waals surface area contributed by atoms with Crippen LogP contribution in [0.5, 0.6) is 0 Å². The molecule has 6 aliphatic rings. The SMILES string of the molecule is [2H]C(CNC[C@H](O)[C@@]12CC[C@]3(C)[C@H](CC[C@@H]4[C@@]5(C)CC[C@H](OC(=O)[C@H]6C[C@@H](C(=O)O)C6(C)C)C(C)(C)[C@@H]5CC[C@]43C)C1=C(C(C)C)C(=O)C2)NC(=O)c1ccc(Cl)cc1. The molecule has 0 heterocycles. The summed E-state index contributed by atoms with van der Waals surface area (Å²) in [6, 6.07) is 6.53. The fourth-order valence-corrected chi connectivity index (χ4v) is 14.7. The summed E-state index contributed by atoms with van der Waals surface area (Å²) in [7, 11) is 0. The quantitative estimate of drug-likeness (QED) is 0.163. The Morgan fingerprint density at radius 3 is 2.22 bits per heavy atom. The number of hydrogen-bond acceptors (Lipinski definition) is 7. The molecule has 0 spiro atoms. The van der Waals surface area contributed by atoms with E-state index in [9.17, 15) is 29.4 Å². The molecule has 1 aromatic carbocycles. The zero-order valence-electron chi connectivity index (χ0n) is 37.3. The number of Topliss-reactive ketones (excluding diaryl/α,β-unsaturated/α-hetero) is 1. The molecule has 1 aromatic rings. The minimum Gasteiger partial charge on any atom is -0.481 e. The van der Waals surface area contributed by atoms with Crippen molar-refractivity contribution in [1.29, 1.82) is 0 Å². The van der Waals surface area contributed by atoms with Crippen LogP contribution in [-0.4, -0.2) is 65.7 Å². The number of nitrogens with one attached hydrogen (secondary N) is 2. The number of carboxylic acids is 1. The van der Waals surface area contributed by atoms with Gasteiger partial charge in [-0.2, -0.15) is 0 Å². The van der Waals surface area contributed by atoms with E-state index in [4.69, 9.17) is 17.7 Å². The fourth-order valence-electron chi connectivity index (χ4n) is 14.6. The highest BCUT2D eigenvalue weighted by Crippen LogP contribution is 2.77. The van der Waals surface area contributed by atoms with Crippen molar-refractivity contribution < 1.29 is 35.5 Å². The third kappa shape index (κ3) is 6.53. The fraction of sp³-hybridized carbons (Fsp3) is 0.750. The highest BCUT2D eigenvalue weighted by Gasteiger charge is 2.71. The Labute approximate surface area is 352 Å². The molecule has 1 unspecified atom stereocenters. The minimum absolute atomic E-state index is 0.000613. The van der Waals surface area contributed by atoms with Gasteiger partial charge in [-0.1, -0.05) is 79.5 Å². The lowest BCUT2D eigenvalue weighted by Crippen LogP contribution is -2.66. The first-order valence-corrected chi connectivity index (χ1v) is 22.4. The number of esters is 1. The van der Waals surface area contributed by atoms with E-state index in [-0.39, 0.29) is 70.3 Å². The van der Waals surface area contributed by atoms with Gasteiger partial charge in [0.1, 0.15) is 6.10 Å². The van der Waals surface area contributed by atoms with Crippen molar-refractivity contribution in [3.63, 3.8) is 0 Å². The molecular weight excluding hydrogens is 752 g/mol. The molecule has 5 saturated carbocycles. The standard InChI is InChI=1S/C48H69ClN2O7/c1-27(2)38-33(52)25-48(36(53)26-50-22-23-51-40(54)28-10-12-29(49)13-11-28)21-20-46(8)30(39(38)48)14-15-35-45(7)18-17-37(44(5,6)34(45)16-19-47(35,46)9)58-42(57)32-24-31(41(55)56)43(32,3)4/h10-13,27,30-32,34-37,50,53H,14-26H2,1-9H3,(H,51,54)(H,55,56)/t30-,31+,32-,34+,35-,36+,37+,45+,46-,47-,48+/m1/s1/i23D/t23?,30-,31+,32-,34+,35-,36+,37+,45+,46-,47-,48+. The third-order valence-corrected chi connectivity index (χ3v) is 18.3. The highest BCUT2D eigenvalue weighted by molar-refractivity contribution is 6.30. The van der Waals surface area contributed by atoms with Gasteiger partial charge in [0.15, 0.2) is 5.78 Å². The van der Waals surface area contributed by atoms with Crippen LogP contribution in [0.3, 0.4) is 0 Å². The maximum Gasteiger partial charge on any atom is 0.309 e. The number of aliphatic carboxylic acids is 1. The zero-order chi connectivity index (χ0) is 43.2. The number of aliphatic hydroxyl groups is 1. The summed E-state index contributed by atoms with van der Waals surface area (Å²) < 4.78 is 14.9. The van der Waals surface area contributed by atoms with Crippen LogP contribution in [0.2, 0.25) is 5.02 Å². The van der Waals surface area contributed by atoms with E-state index in [0.29, 0.717) is 35.3 Å². The van der Waals surface area contributed by atoms with Crippen molar-refractivity contribution in [1.82, 2.24) is 10.6 Å². The monoisotopic (exact) mass is 821 g/mol. The van der Waals surface area contributed by atoms with Gasteiger partial charge in [0.25, 0.3) is 5.91 Å². The number of allylic oxidation sites excluding steroid dienone is 1. The molecule has 0 bridgehead atoms. The molecule has 0 radical (unpaired) electrons. The lowest BCUT2D eigenvalue weighted by atomic mass is 9.33. The van der Waals surface area contributed by atoms with Crippen LogP contribution < -0.4 is 10.6 Å². The van der Waals surface area contributed by atoms with Gasteiger partial charge in [-0.15, -0.1) is 0 Å². The lowest BCUT2D eigenvalue weighted by Gasteiger charge is -2.72. The zero-order valence-corrected chi connectivity index (χ0v) is 37.1. The Kier molecular flexibility index (Phi) is 10.9. The number of carbonyl (C=O) groups is 4. The first kappa shape index (κ1) is 42.0. The molecule has 320 valence electrons. The van der Waals surface area contributed by atoms with Gasteiger partial charge in [-0.25, -0.2) is 0 Å². The molecule has 0 saturated heterocycles. The normalized spacial score (nSPS) is 39.9. The lowest BCUT2D eigenvalue weighted by molar-refractivity contribution is -0.238. The van der Waals surface area contributed by atoms with Crippen LogP contribution in [0.4, 0.5) is 0 Å². The molecule has 10 heteroatoms. The summed E-state index contributed by atoms with van der Waals surface area (Å²) in [5.41, 5.74) is 0.960. The predicted octanol–water partition coefficient (Wildman–Crippen LogP) is 8.66. The third-order valence-electron chi connectivity index (χ3n) is 18.1.